The van der Waals surface area contributed by atoms with Crippen LogP contribution in [0.25, 0.3) is 0 Å². The summed E-state index contributed by atoms with van der Waals surface area (Å²) in [6.45, 7) is 13.2. The Labute approximate surface area is 250 Å². The van der Waals surface area contributed by atoms with Gasteiger partial charge in [0, 0.05) is 12.0 Å². The number of nitro groups is 1. The van der Waals surface area contributed by atoms with Crippen LogP contribution in [0.15, 0.2) is 0 Å². The molecular weight excluding hydrogens is 539 g/mol. The standard InChI is InChI=1S/C29H51BN6O6/c1-18(2)15-23(30-41-22-17-19-16-21(27(19,3)4)29(22,6)42-30)34-24(37)20(11-10-14-32-26(31)35-36(39)40)33-25(38)28(5)12-8-7-9-13-28/h18-23H,7-17H2,1-6H3,(H,33,38)(H,34,37)(H3,31,32,35)/t19-,20-,21-,22+,23-,29-/m0/s1. The smallest absolute Gasteiger partial charge is 0.404 e. The van der Waals surface area contributed by atoms with E-state index in [0.29, 0.717) is 31.1 Å². The maximum atomic E-state index is 13.9. The van der Waals surface area contributed by atoms with Crippen LogP contribution >= 0.6 is 0 Å². The molecule has 5 rings (SSSR count). The maximum Gasteiger partial charge on any atom is 0.481 e. The van der Waals surface area contributed by atoms with Gasteiger partial charge in [0.15, 0.2) is 5.03 Å². The van der Waals surface area contributed by atoms with Gasteiger partial charge in [-0.2, -0.15) is 0 Å². The molecule has 5 N–H and O–H groups in total. The zero-order valence-corrected chi connectivity index (χ0v) is 26.2. The van der Waals surface area contributed by atoms with E-state index in [9.17, 15) is 19.7 Å². The Balaban J connectivity index is 1.44. The van der Waals surface area contributed by atoms with Crippen LogP contribution in [0.5, 0.6) is 0 Å². The Bertz CT molecular complexity index is 1040. The van der Waals surface area contributed by atoms with Gasteiger partial charge in [-0.15, -0.1) is 0 Å². The Kier molecular flexibility index (Phi) is 9.81. The van der Waals surface area contributed by atoms with Gasteiger partial charge in [0.2, 0.25) is 11.8 Å². The van der Waals surface area contributed by atoms with E-state index in [-0.39, 0.29) is 47.3 Å². The van der Waals surface area contributed by atoms with Gasteiger partial charge < -0.3 is 25.3 Å². The fourth-order valence-corrected chi connectivity index (χ4v) is 7.91. The molecule has 1 aliphatic heterocycles. The predicted octanol–water partition coefficient (Wildman–Crippen LogP) is 3.33. The first-order valence-corrected chi connectivity index (χ1v) is 15.8. The van der Waals surface area contributed by atoms with Crippen molar-refractivity contribution < 1.29 is 23.9 Å². The molecule has 5 aliphatic rings. The van der Waals surface area contributed by atoms with Crippen LogP contribution < -0.4 is 21.4 Å². The summed E-state index contributed by atoms with van der Waals surface area (Å²) in [5, 5.41) is 26.2. The summed E-state index contributed by atoms with van der Waals surface area (Å²) >= 11 is 0. The van der Waals surface area contributed by atoms with Gasteiger partial charge in [-0.25, -0.2) is 10.1 Å². The van der Waals surface area contributed by atoms with E-state index >= 15 is 0 Å². The highest BCUT2D eigenvalue weighted by Gasteiger charge is 2.68. The van der Waals surface area contributed by atoms with Crippen LogP contribution in [-0.2, 0) is 18.9 Å². The first kappa shape index (κ1) is 32.5. The predicted molar refractivity (Wildman–Crippen MR) is 160 cm³/mol. The molecule has 4 aliphatic carbocycles. The minimum absolute atomic E-state index is 0.00163. The van der Waals surface area contributed by atoms with Gasteiger partial charge in [-0.1, -0.05) is 59.3 Å². The molecule has 42 heavy (non-hydrogen) atoms. The number of hydrogen-bond acceptors (Lipinski definition) is 7. The first-order valence-electron chi connectivity index (χ1n) is 15.8. The molecule has 1 saturated heterocycles. The summed E-state index contributed by atoms with van der Waals surface area (Å²) in [6, 6.07) is -0.795. The van der Waals surface area contributed by atoms with E-state index in [1.807, 2.05) is 6.92 Å². The van der Waals surface area contributed by atoms with Crippen LogP contribution in [0.4, 0.5) is 0 Å². The monoisotopic (exact) mass is 590 g/mol. The summed E-state index contributed by atoms with van der Waals surface area (Å²) < 4.78 is 13.2. The molecule has 6 atom stereocenters. The number of carbonyl (C=O) groups excluding carboxylic acids is 2. The Hall–Kier alpha value is -2.41. The van der Waals surface area contributed by atoms with Crippen molar-refractivity contribution in [2.24, 2.45) is 28.6 Å². The minimum Gasteiger partial charge on any atom is -0.404 e. The van der Waals surface area contributed by atoms with E-state index < -0.39 is 29.6 Å². The first-order chi connectivity index (χ1) is 19.7. The molecule has 0 aromatic rings. The van der Waals surface area contributed by atoms with Crippen molar-refractivity contribution in [3.8, 4) is 0 Å². The van der Waals surface area contributed by atoms with Gasteiger partial charge in [0.25, 0.3) is 5.96 Å². The third-order valence-corrected chi connectivity index (χ3v) is 10.7. The third-order valence-electron chi connectivity index (χ3n) is 10.7. The van der Waals surface area contributed by atoms with Gasteiger partial charge in [-0.05, 0) is 75.0 Å². The lowest BCUT2D eigenvalue weighted by Crippen LogP contribution is -2.65. The number of nitrogens with zero attached hydrogens (tertiary/aromatic N) is 1. The Morgan fingerprint density at radius 3 is 2.40 bits per heavy atom. The minimum atomic E-state index is -0.806. The maximum absolute atomic E-state index is 13.9. The molecule has 12 nitrogen and oxygen atoms in total. The molecule has 0 unspecified atom stereocenters. The number of guanidine groups is 1. The summed E-state index contributed by atoms with van der Waals surface area (Å²) in [5.41, 5.74) is 1.07. The van der Waals surface area contributed by atoms with Crippen molar-refractivity contribution in [1.29, 1.82) is 5.41 Å². The molecule has 0 aromatic carbocycles. The van der Waals surface area contributed by atoms with E-state index in [2.05, 4.69) is 50.6 Å². The molecule has 2 amide bonds. The highest BCUT2D eigenvalue weighted by molar-refractivity contribution is 6.48. The van der Waals surface area contributed by atoms with Crippen LogP contribution in [-0.4, -0.2) is 60.2 Å². The number of amides is 2. The highest BCUT2D eigenvalue weighted by Crippen LogP contribution is 2.65. The number of hydrogen-bond donors (Lipinski definition) is 5. The van der Waals surface area contributed by atoms with Crippen LogP contribution in [0.2, 0.25) is 0 Å². The number of hydrazine groups is 1. The van der Waals surface area contributed by atoms with Crippen molar-refractivity contribution >= 4 is 24.9 Å². The summed E-state index contributed by atoms with van der Waals surface area (Å²) in [6.07, 6.45) is 8.17. The molecule has 1 heterocycles. The average Bonchev–Trinajstić information content (AvgIpc) is 3.26. The Morgan fingerprint density at radius 2 is 1.79 bits per heavy atom. The average molecular weight is 591 g/mol. The topological polar surface area (TPSA) is 168 Å². The second-order valence-electron chi connectivity index (χ2n) is 14.5. The lowest BCUT2D eigenvalue weighted by atomic mass is 9.43. The normalized spacial score (nSPS) is 30.4. The van der Waals surface area contributed by atoms with Gasteiger partial charge in [0.1, 0.15) is 6.04 Å². The van der Waals surface area contributed by atoms with Crippen molar-refractivity contribution in [2.45, 2.75) is 129 Å². The zero-order chi connectivity index (χ0) is 30.9. The summed E-state index contributed by atoms with van der Waals surface area (Å²) in [7, 11) is -0.566. The molecule has 5 fully saturated rings. The fraction of sp³-hybridized carbons (Fsp3) is 0.897. The van der Waals surface area contributed by atoms with E-state index in [0.717, 1.165) is 44.9 Å². The molecule has 0 radical (unpaired) electrons. The van der Waals surface area contributed by atoms with Crippen LogP contribution in [0.3, 0.4) is 0 Å². The second kappa shape index (κ2) is 12.7. The lowest BCUT2D eigenvalue weighted by Gasteiger charge is -2.64. The Morgan fingerprint density at radius 1 is 1.10 bits per heavy atom. The largest absolute Gasteiger partial charge is 0.481 e. The quantitative estimate of drug-likeness (QED) is 0.0576. The van der Waals surface area contributed by atoms with Gasteiger partial charge in [0.05, 0.1) is 17.6 Å². The second-order valence-corrected chi connectivity index (χ2v) is 14.5. The van der Waals surface area contributed by atoms with E-state index in [1.54, 1.807) is 5.43 Å². The van der Waals surface area contributed by atoms with Crippen LogP contribution in [0.1, 0.15) is 106 Å². The summed E-state index contributed by atoms with van der Waals surface area (Å²) in [5.74, 6) is 0.104. The lowest BCUT2D eigenvalue weighted by molar-refractivity contribution is -0.525. The number of carbonyl (C=O) groups is 2. The fourth-order valence-electron chi connectivity index (χ4n) is 7.91. The van der Waals surface area contributed by atoms with Gasteiger partial charge in [-0.3, -0.25) is 15.0 Å². The van der Waals surface area contributed by atoms with Crippen LogP contribution in [0, 0.1) is 44.1 Å². The van der Waals surface area contributed by atoms with E-state index in [4.69, 9.17) is 14.7 Å². The number of nitrogens with one attached hydrogen (secondary N) is 5. The molecular formula is C29H51BN6O6. The van der Waals surface area contributed by atoms with Crippen molar-refractivity contribution in [3.63, 3.8) is 0 Å². The molecule has 4 saturated carbocycles. The van der Waals surface area contributed by atoms with Gasteiger partial charge >= 0.3 is 7.12 Å². The van der Waals surface area contributed by atoms with Crippen molar-refractivity contribution in [2.75, 3.05) is 6.54 Å². The molecule has 236 valence electrons. The van der Waals surface area contributed by atoms with Crippen molar-refractivity contribution in [3.05, 3.63) is 10.1 Å². The molecule has 13 heteroatoms. The van der Waals surface area contributed by atoms with Crippen molar-refractivity contribution in [1.82, 2.24) is 21.4 Å². The molecule has 0 aromatic heterocycles. The van der Waals surface area contributed by atoms with E-state index in [1.165, 1.54) is 0 Å². The highest BCUT2D eigenvalue weighted by atomic mass is 16.7. The zero-order valence-electron chi connectivity index (χ0n) is 26.2. The SMILES string of the molecule is CC(C)C[C@H](NC(=O)[C@H](CCCNC(=N)N[N+](=O)[O-])NC(=O)C1(C)CCCCC1)B1O[C@@H]2C[C@@H]3C[C@@H](C3(C)C)[C@]2(C)O1. The third kappa shape index (κ3) is 6.87. The molecule has 0 spiro atoms. The summed E-state index contributed by atoms with van der Waals surface area (Å²) in [4.78, 5) is 37.9. The number of rotatable bonds is 12. The molecule has 2 bridgehead atoms.